The normalized spacial score (nSPS) is 25.0. The van der Waals surface area contributed by atoms with E-state index in [2.05, 4.69) is 10.0 Å². The first-order valence-electron chi connectivity index (χ1n) is 7.90. The fraction of sp³-hybridized carbons (Fsp3) is 0.929. The number of rotatable bonds is 5. The van der Waals surface area contributed by atoms with Gasteiger partial charge >= 0.3 is 0 Å². The highest BCUT2D eigenvalue weighted by atomic mass is 32.2. The summed E-state index contributed by atoms with van der Waals surface area (Å²) in [6, 6.07) is -0.0217. The second-order valence-electron chi connectivity index (χ2n) is 6.30. The minimum atomic E-state index is -3.15. The Morgan fingerprint density at radius 3 is 2.57 bits per heavy atom. The van der Waals surface area contributed by atoms with Crippen LogP contribution in [0.3, 0.4) is 0 Å². The van der Waals surface area contributed by atoms with Crippen molar-refractivity contribution in [1.29, 1.82) is 0 Å². The monoisotopic (exact) mass is 317 g/mol. The fourth-order valence-corrected chi connectivity index (χ4v) is 4.05. The molecule has 0 spiro atoms. The standard InChI is InChI=1S/C14H27N3O3S/c1-21(19,20)16-13-6-9-17(10-7-13)14(18)5-4-12-3-2-8-15-11-12/h12-13,15-16H,2-11H2,1H3. The van der Waals surface area contributed by atoms with Crippen LogP contribution in [-0.2, 0) is 14.8 Å². The van der Waals surface area contributed by atoms with E-state index in [1.165, 1.54) is 19.1 Å². The summed E-state index contributed by atoms with van der Waals surface area (Å²) in [4.78, 5) is 14.1. The number of nitrogens with one attached hydrogen (secondary N) is 2. The maximum absolute atomic E-state index is 12.2. The summed E-state index contributed by atoms with van der Waals surface area (Å²) in [5.74, 6) is 0.852. The lowest BCUT2D eigenvalue weighted by molar-refractivity contribution is -0.132. The maximum atomic E-state index is 12.2. The smallest absolute Gasteiger partial charge is 0.222 e. The zero-order valence-corrected chi connectivity index (χ0v) is 13.6. The highest BCUT2D eigenvalue weighted by Gasteiger charge is 2.25. The van der Waals surface area contributed by atoms with E-state index in [1.54, 1.807) is 0 Å². The van der Waals surface area contributed by atoms with Crippen LogP contribution < -0.4 is 10.0 Å². The number of nitrogens with zero attached hydrogens (tertiary/aromatic N) is 1. The van der Waals surface area contributed by atoms with E-state index in [4.69, 9.17) is 0 Å². The first-order valence-corrected chi connectivity index (χ1v) is 9.79. The van der Waals surface area contributed by atoms with E-state index in [0.717, 1.165) is 19.5 Å². The van der Waals surface area contributed by atoms with Gasteiger partial charge in [0.25, 0.3) is 0 Å². The van der Waals surface area contributed by atoms with Gasteiger partial charge in [-0.15, -0.1) is 0 Å². The van der Waals surface area contributed by atoms with Crippen molar-refractivity contribution in [1.82, 2.24) is 14.9 Å². The van der Waals surface area contributed by atoms with Crippen LogP contribution in [0.25, 0.3) is 0 Å². The molecule has 2 saturated heterocycles. The van der Waals surface area contributed by atoms with Crippen molar-refractivity contribution < 1.29 is 13.2 Å². The van der Waals surface area contributed by atoms with Crippen molar-refractivity contribution in [2.45, 2.75) is 44.6 Å². The van der Waals surface area contributed by atoms with Gasteiger partial charge in [-0.05, 0) is 51.1 Å². The van der Waals surface area contributed by atoms with E-state index in [-0.39, 0.29) is 11.9 Å². The third-order valence-electron chi connectivity index (χ3n) is 4.39. The Kier molecular flexibility index (Phi) is 6.01. The molecule has 2 fully saturated rings. The Bertz CT molecular complexity index is 438. The number of amides is 1. The van der Waals surface area contributed by atoms with E-state index in [1.807, 2.05) is 4.90 Å². The molecule has 2 rings (SSSR count). The van der Waals surface area contributed by atoms with E-state index in [0.29, 0.717) is 38.3 Å². The number of carbonyl (C=O) groups is 1. The summed E-state index contributed by atoms with van der Waals surface area (Å²) < 4.78 is 25.0. The minimum absolute atomic E-state index is 0.0217. The van der Waals surface area contributed by atoms with Crippen LogP contribution in [0.4, 0.5) is 0 Å². The molecule has 2 N–H and O–H groups in total. The zero-order valence-electron chi connectivity index (χ0n) is 12.8. The lowest BCUT2D eigenvalue weighted by Crippen LogP contribution is -2.46. The molecular formula is C14H27N3O3S. The van der Waals surface area contributed by atoms with Crippen molar-refractivity contribution in [3.63, 3.8) is 0 Å². The average Bonchev–Trinajstić information content (AvgIpc) is 2.45. The molecule has 0 saturated carbocycles. The molecule has 1 amide bonds. The van der Waals surface area contributed by atoms with E-state index >= 15 is 0 Å². The summed E-state index contributed by atoms with van der Waals surface area (Å²) in [6.07, 6.45) is 6.63. The van der Waals surface area contributed by atoms with Gasteiger partial charge < -0.3 is 10.2 Å². The van der Waals surface area contributed by atoms with Crippen LogP contribution in [0, 0.1) is 5.92 Å². The lowest BCUT2D eigenvalue weighted by atomic mass is 9.94. The molecule has 2 aliphatic heterocycles. The second kappa shape index (κ2) is 7.56. The van der Waals surface area contributed by atoms with E-state index in [9.17, 15) is 13.2 Å². The van der Waals surface area contributed by atoms with Crippen molar-refractivity contribution in [3.05, 3.63) is 0 Å². The third kappa shape index (κ3) is 5.92. The van der Waals surface area contributed by atoms with Gasteiger partial charge in [-0.1, -0.05) is 0 Å². The minimum Gasteiger partial charge on any atom is -0.343 e. The summed E-state index contributed by atoms with van der Waals surface area (Å²) in [5.41, 5.74) is 0. The van der Waals surface area contributed by atoms with Crippen LogP contribution in [0.15, 0.2) is 0 Å². The zero-order chi connectivity index (χ0) is 15.3. The summed E-state index contributed by atoms with van der Waals surface area (Å²) in [6.45, 7) is 3.46. The van der Waals surface area contributed by atoms with Crippen LogP contribution in [0.1, 0.15) is 38.5 Å². The molecule has 6 nitrogen and oxygen atoms in total. The van der Waals surface area contributed by atoms with Crippen molar-refractivity contribution >= 4 is 15.9 Å². The predicted molar refractivity (Wildman–Crippen MR) is 82.4 cm³/mol. The molecule has 0 aromatic carbocycles. The van der Waals surface area contributed by atoms with Crippen molar-refractivity contribution in [2.24, 2.45) is 5.92 Å². The number of hydrogen-bond acceptors (Lipinski definition) is 4. The van der Waals surface area contributed by atoms with Crippen molar-refractivity contribution in [3.8, 4) is 0 Å². The Hall–Kier alpha value is -0.660. The number of sulfonamides is 1. The van der Waals surface area contributed by atoms with Gasteiger partial charge in [0.1, 0.15) is 0 Å². The highest BCUT2D eigenvalue weighted by molar-refractivity contribution is 7.88. The van der Waals surface area contributed by atoms with E-state index < -0.39 is 10.0 Å². The molecule has 122 valence electrons. The molecule has 0 aliphatic carbocycles. The van der Waals surface area contributed by atoms with Gasteiger partial charge in [-0.3, -0.25) is 4.79 Å². The highest BCUT2D eigenvalue weighted by Crippen LogP contribution is 2.18. The van der Waals surface area contributed by atoms with Gasteiger partial charge in [0.2, 0.25) is 15.9 Å². The molecule has 0 bridgehead atoms. The SMILES string of the molecule is CS(=O)(=O)NC1CCN(C(=O)CCC2CCCNC2)CC1. The molecular weight excluding hydrogens is 290 g/mol. The largest absolute Gasteiger partial charge is 0.343 e. The number of likely N-dealkylation sites (tertiary alicyclic amines) is 1. The molecule has 0 radical (unpaired) electrons. The number of hydrogen-bond donors (Lipinski definition) is 2. The van der Waals surface area contributed by atoms with Gasteiger partial charge in [0.15, 0.2) is 0 Å². The van der Waals surface area contributed by atoms with Crippen LogP contribution >= 0.6 is 0 Å². The van der Waals surface area contributed by atoms with Crippen LogP contribution in [0.5, 0.6) is 0 Å². The maximum Gasteiger partial charge on any atom is 0.222 e. The topological polar surface area (TPSA) is 78.5 Å². The first-order chi connectivity index (χ1) is 9.94. The molecule has 1 unspecified atom stereocenters. The Balaban J connectivity index is 1.67. The van der Waals surface area contributed by atoms with Crippen LogP contribution in [-0.4, -0.2) is 57.7 Å². The molecule has 0 aromatic heterocycles. The predicted octanol–water partition coefficient (Wildman–Crippen LogP) is 0.306. The Labute approximate surface area is 127 Å². The molecule has 21 heavy (non-hydrogen) atoms. The molecule has 2 heterocycles. The second-order valence-corrected chi connectivity index (χ2v) is 8.08. The fourth-order valence-electron chi connectivity index (χ4n) is 3.21. The summed E-state index contributed by atoms with van der Waals surface area (Å²) in [5, 5.41) is 3.38. The third-order valence-corrected chi connectivity index (χ3v) is 5.16. The number of carbonyl (C=O) groups excluding carboxylic acids is 1. The molecule has 0 aromatic rings. The van der Waals surface area contributed by atoms with Gasteiger partial charge in [-0.2, -0.15) is 0 Å². The summed E-state index contributed by atoms with van der Waals surface area (Å²) >= 11 is 0. The first kappa shape index (κ1) is 16.7. The number of piperidine rings is 2. The Morgan fingerprint density at radius 2 is 2.00 bits per heavy atom. The molecule has 2 aliphatic rings. The van der Waals surface area contributed by atoms with Gasteiger partial charge in [0.05, 0.1) is 6.26 Å². The van der Waals surface area contributed by atoms with Gasteiger partial charge in [-0.25, -0.2) is 13.1 Å². The quantitative estimate of drug-likeness (QED) is 0.765. The Morgan fingerprint density at radius 1 is 1.29 bits per heavy atom. The van der Waals surface area contributed by atoms with Gasteiger partial charge in [0, 0.05) is 25.6 Å². The molecule has 1 atom stereocenters. The molecule has 7 heteroatoms. The summed E-state index contributed by atoms with van der Waals surface area (Å²) in [7, 11) is -3.15. The average molecular weight is 317 g/mol. The van der Waals surface area contributed by atoms with Crippen molar-refractivity contribution in [2.75, 3.05) is 32.4 Å². The van der Waals surface area contributed by atoms with Crippen LogP contribution in [0.2, 0.25) is 0 Å². The lowest BCUT2D eigenvalue weighted by Gasteiger charge is -2.32.